The summed E-state index contributed by atoms with van der Waals surface area (Å²) in [7, 11) is -3.79. The Morgan fingerprint density at radius 3 is 2.39 bits per heavy atom. The van der Waals surface area contributed by atoms with Crippen LogP contribution in [-0.4, -0.2) is 37.7 Å². The van der Waals surface area contributed by atoms with Gasteiger partial charge in [-0.05, 0) is 64.4 Å². The van der Waals surface area contributed by atoms with Gasteiger partial charge in [-0.1, -0.05) is 0 Å². The molecule has 1 N–H and O–H groups in total. The van der Waals surface area contributed by atoms with Crippen molar-refractivity contribution in [3.63, 3.8) is 0 Å². The van der Waals surface area contributed by atoms with Gasteiger partial charge in [0.15, 0.2) is 10.8 Å². The minimum Gasteiger partial charge on any atom is -0.439 e. The largest absolute Gasteiger partial charge is 0.439 e. The van der Waals surface area contributed by atoms with E-state index in [4.69, 9.17) is 4.74 Å². The Labute approximate surface area is 192 Å². The van der Waals surface area contributed by atoms with Gasteiger partial charge in [-0.3, -0.25) is 4.72 Å². The molecular formula is C22H25N7O3S. The van der Waals surface area contributed by atoms with Gasteiger partial charge in [0, 0.05) is 30.2 Å². The van der Waals surface area contributed by atoms with Gasteiger partial charge in [0.1, 0.15) is 17.9 Å². The normalized spacial score (nSPS) is 11.5. The number of benzene rings is 1. The van der Waals surface area contributed by atoms with Crippen LogP contribution in [0.5, 0.6) is 11.6 Å². The summed E-state index contributed by atoms with van der Waals surface area (Å²) in [5.41, 5.74) is 3.43. The van der Waals surface area contributed by atoms with E-state index < -0.39 is 10.0 Å². The molecule has 0 atom stereocenters. The molecule has 10 nitrogen and oxygen atoms in total. The van der Waals surface area contributed by atoms with Crippen LogP contribution in [0.4, 0.5) is 5.69 Å². The molecule has 0 radical (unpaired) electrons. The van der Waals surface area contributed by atoms with E-state index in [9.17, 15) is 8.42 Å². The number of aromatic nitrogens is 6. The third-order valence-electron chi connectivity index (χ3n) is 5.40. The number of ether oxygens (including phenoxy) is 1. The van der Waals surface area contributed by atoms with Crippen LogP contribution in [-0.2, 0) is 16.6 Å². The Hall–Kier alpha value is -3.73. The van der Waals surface area contributed by atoms with E-state index in [-0.39, 0.29) is 5.03 Å². The second-order valence-electron chi connectivity index (χ2n) is 7.57. The van der Waals surface area contributed by atoms with Gasteiger partial charge in [-0.25, -0.2) is 19.6 Å². The summed E-state index contributed by atoms with van der Waals surface area (Å²) in [5.74, 6) is 2.08. The van der Waals surface area contributed by atoms with Crippen molar-refractivity contribution in [2.24, 2.45) is 0 Å². The Kier molecular flexibility index (Phi) is 5.90. The molecule has 33 heavy (non-hydrogen) atoms. The summed E-state index contributed by atoms with van der Waals surface area (Å²) < 4.78 is 37.2. The van der Waals surface area contributed by atoms with Crippen LogP contribution in [0, 0.1) is 27.7 Å². The molecule has 4 rings (SSSR count). The lowest BCUT2D eigenvalue weighted by molar-refractivity contribution is 0.460. The van der Waals surface area contributed by atoms with Crippen LogP contribution in [0.1, 0.15) is 29.7 Å². The number of rotatable bonds is 7. The molecule has 1 aromatic carbocycles. The van der Waals surface area contributed by atoms with Crippen molar-refractivity contribution in [1.29, 1.82) is 0 Å². The zero-order valence-corrected chi connectivity index (χ0v) is 19.9. The molecule has 0 aliphatic heterocycles. The zero-order chi connectivity index (χ0) is 23.8. The Morgan fingerprint density at radius 1 is 1.06 bits per heavy atom. The Bertz CT molecular complexity index is 1410. The predicted molar refractivity (Wildman–Crippen MR) is 123 cm³/mol. The number of aryl methyl sites for hydroxylation is 3. The topological polar surface area (TPSA) is 117 Å². The number of sulfonamides is 1. The van der Waals surface area contributed by atoms with Gasteiger partial charge in [0.25, 0.3) is 10.0 Å². The highest BCUT2D eigenvalue weighted by atomic mass is 32.2. The highest BCUT2D eigenvalue weighted by molar-refractivity contribution is 7.92. The number of hydrogen-bond acceptors (Lipinski definition) is 7. The first-order valence-electron chi connectivity index (χ1n) is 10.4. The summed E-state index contributed by atoms with van der Waals surface area (Å²) in [6.07, 6.45) is 2.93. The van der Waals surface area contributed by atoms with Crippen molar-refractivity contribution in [2.45, 2.75) is 46.2 Å². The van der Waals surface area contributed by atoms with Gasteiger partial charge in [0.2, 0.25) is 5.88 Å². The molecule has 0 fully saturated rings. The minimum atomic E-state index is -3.79. The number of nitrogens with one attached hydrogen (secondary N) is 1. The molecule has 0 saturated carbocycles. The number of anilines is 1. The van der Waals surface area contributed by atoms with Crippen molar-refractivity contribution in [3.05, 3.63) is 65.6 Å². The summed E-state index contributed by atoms with van der Waals surface area (Å²) in [6, 6.07) is 8.24. The van der Waals surface area contributed by atoms with E-state index >= 15 is 0 Å². The maximum Gasteiger partial charge on any atom is 0.280 e. The van der Waals surface area contributed by atoms with E-state index in [1.54, 1.807) is 46.5 Å². The van der Waals surface area contributed by atoms with Crippen molar-refractivity contribution in [2.75, 3.05) is 4.72 Å². The van der Waals surface area contributed by atoms with Crippen LogP contribution in [0.15, 0.2) is 47.9 Å². The van der Waals surface area contributed by atoms with E-state index in [0.29, 0.717) is 35.5 Å². The van der Waals surface area contributed by atoms with Crippen molar-refractivity contribution >= 4 is 15.7 Å². The lowest BCUT2D eigenvalue weighted by Gasteiger charge is -2.09. The van der Waals surface area contributed by atoms with Crippen LogP contribution in [0.3, 0.4) is 0 Å². The van der Waals surface area contributed by atoms with E-state index in [0.717, 1.165) is 17.0 Å². The summed E-state index contributed by atoms with van der Waals surface area (Å²) in [6.45, 7) is 10.3. The van der Waals surface area contributed by atoms with E-state index in [1.165, 1.54) is 12.5 Å². The molecular weight excluding hydrogens is 442 g/mol. The fourth-order valence-electron chi connectivity index (χ4n) is 3.29. The maximum atomic E-state index is 12.6. The first-order chi connectivity index (χ1) is 15.7. The van der Waals surface area contributed by atoms with Gasteiger partial charge in [0.05, 0.1) is 5.69 Å². The van der Waals surface area contributed by atoms with Crippen molar-refractivity contribution < 1.29 is 13.2 Å². The second kappa shape index (κ2) is 8.66. The molecule has 3 heterocycles. The highest BCUT2D eigenvalue weighted by Crippen LogP contribution is 2.24. The number of nitrogens with zero attached hydrogens (tertiary/aromatic N) is 6. The van der Waals surface area contributed by atoms with Crippen molar-refractivity contribution in [1.82, 2.24) is 29.3 Å². The number of imidazole rings is 1. The van der Waals surface area contributed by atoms with E-state index in [1.807, 2.05) is 27.7 Å². The summed E-state index contributed by atoms with van der Waals surface area (Å²) >= 11 is 0. The first-order valence-corrected chi connectivity index (χ1v) is 11.9. The first kappa shape index (κ1) is 22.5. The molecule has 0 aliphatic rings. The average molecular weight is 468 g/mol. The highest BCUT2D eigenvalue weighted by Gasteiger charge is 2.19. The number of hydrogen-bond donors (Lipinski definition) is 1. The lowest BCUT2D eigenvalue weighted by atomic mass is 10.2. The van der Waals surface area contributed by atoms with Crippen molar-refractivity contribution in [3.8, 4) is 17.4 Å². The van der Waals surface area contributed by atoms with Gasteiger partial charge < -0.3 is 9.30 Å². The molecule has 0 unspecified atom stereocenters. The van der Waals surface area contributed by atoms with Crippen LogP contribution >= 0.6 is 0 Å². The van der Waals surface area contributed by atoms with Gasteiger partial charge in [-0.2, -0.15) is 13.5 Å². The van der Waals surface area contributed by atoms with Crippen LogP contribution < -0.4 is 9.46 Å². The summed E-state index contributed by atoms with van der Waals surface area (Å²) in [4.78, 5) is 12.6. The van der Waals surface area contributed by atoms with E-state index in [2.05, 4.69) is 24.8 Å². The third kappa shape index (κ3) is 4.58. The molecule has 0 amide bonds. The zero-order valence-electron chi connectivity index (χ0n) is 19.1. The molecule has 0 bridgehead atoms. The average Bonchev–Trinajstić information content (AvgIpc) is 3.30. The third-order valence-corrected chi connectivity index (χ3v) is 6.65. The molecule has 0 saturated heterocycles. The molecule has 3 aromatic heterocycles. The Morgan fingerprint density at radius 2 is 1.79 bits per heavy atom. The quantitative estimate of drug-likeness (QED) is 0.440. The summed E-state index contributed by atoms with van der Waals surface area (Å²) in [5, 5.41) is 4.49. The van der Waals surface area contributed by atoms with Gasteiger partial charge in [-0.15, -0.1) is 0 Å². The SMILES string of the molecule is CCn1cc(S(=O)(=O)Nc2ccc(Oc3cc(-n4nc(C)c(C)c4C)ncn3)cc2)nc1C. The fourth-order valence-corrected chi connectivity index (χ4v) is 4.36. The molecule has 4 aromatic rings. The molecule has 0 spiro atoms. The standard InChI is InChI=1S/C22H25N7O3S/c1-6-28-12-22(25-17(28)5)33(30,31)27-18-7-9-19(10-8-18)32-21-11-20(23-13-24-21)29-16(4)14(2)15(3)26-29/h7-13,27H,6H2,1-5H3. The van der Waals surface area contributed by atoms with Crippen LogP contribution in [0.2, 0.25) is 0 Å². The van der Waals surface area contributed by atoms with Crippen LogP contribution in [0.25, 0.3) is 5.82 Å². The fraction of sp³-hybridized carbons (Fsp3) is 0.273. The Balaban J connectivity index is 1.49. The molecule has 11 heteroatoms. The molecule has 172 valence electrons. The smallest absolute Gasteiger partial charge is 0.280 e. The molecule has 0 aliphatic carbocycles. The maximum absolute atomic E-state index is 12.6. The van der Waals surface area contributed by atoms with Gasteiger partial charge >= 0.3 is 0 Å². The second-order valence-corrected chi connectivity index (χ2v) is 9.20. The predicted octanol–water partition coefficient (Wildman–Crippen LogP) is 3.71. The minimum absolute atomic E-state index is 0.0184. The lowest BCUT2D eigenvalue weighted by Crippen LogP contribution is -2.13. The monoisotopic (exact) mass is 467 g/mol.